The summed E-state index contributed by atoms with van der Waals surface area (Å²) in [6.45, 7) is 2.54. The molecule has 0 saturated heterocycles. The van der Waals surface area contributed by atoms with Crippen molar-refractivity contribution < 1.29 is 14.6 Å². The first-order valence-electron chi connectivity index (χ1n) is 6.95. The van der Waals surface area contributed by atoms with E-state index in [1.165, 1.54) is 11.8 Å². The second kappa shape index (κ2) is 8.11. The molecule has 0 heterocycles. The smallest absolute Gasteiger partial charge is 0.317 e. The monoisotopic (exact) mass is 336 g/mol. The third-order valence-corrected chi connectivity index (χ3v) is 4.47. The number of thioether (sulfide) groups is 1. The quantitative estimate of drug-likeness (QED) is 0.755. The molecule has 0 saturated carbocycles. The lowest BCUT2D eigenvalue weighted by molar-refractivity contribution is -0.136. The molecule has 2 rings (SSSR count). The molecule has 22 heavy (non-hydrogen) atoms. The number of carboxylic acid groups (broad SMARTS) is 1. The van der Waals surface area contributed by atoms with Crippen molar-refractivity contribution in [2.75, 3.05) is 6.61 Å². The maximum Gasteiger partial charge on any atom is 0.317 e. The molecule has 1 atom stereocenters. The molecule has 5 heteroatoms. The fourth-order valence-corrected chi connectivity index (χ4v) is 3.08. The van der Waals surface area contributed by atoms with Crippen molar-refractivity contribution in [2.24, 2.45) is 0 Å². The molecule has 0 unspecified atom stereocenters. The number of benzene rings is 2. The zero-order chi connectivity index (χ0) is 15.9. The molecule has 0 spiro atoms. The number of ether oxygens (including phenoxy) is 1. The van der Waals surface area contributed by atoms with Crippen LogP contribution in [0, 0.1) is 0 Å². The van der Waals surface area contributed by atoms with Gasteiger partial charge in [-0.2, -0.15) is 0 Å². The first-order chi connectivity index (χ1) is 10.6. The Kier molecular flexibility index (Phi) is 6.16. The number of carboxylic acids is 1. The molecule has 3 nitrogen and oxygen atoms in total. The van der Waals surface area contributed by atoms with Gasteiger partial charge in [0.2, 0.25) is 0 Å². The van der Waals surface area contributed by atoms with Gasteiger partial charge in [0.05, 0.1) is 6.61 Å². The highest BCUT2D eigenvalue weighted by Gasteiger charge is 2.19. The minimum atomic E-state index is -0.825. The number of carbonyl (C=O) groups is 1. The minimum absolute atomic E-state index is 0.453. The lowest BCUT2D eigenvalue weighted by Gasteiger charge is -2.13. The van der Waals surface area contributed by atoms with Gasteiger partial charge in [0.15, 0.2) is 0 Å². The van der Waals surface area contributed by atoms with Crippen LogP contribution in [-0.4, -0.2) is 22.9 Å². The van der Waals surface area contributed by atoms with Crippen molar-refractivity contribution in [3.8, 4) is 5.75 Å². The highest BCUT2D eigenvalue weighted by atomic mass is 35.5. The van der Waals surface area contributed by atoms with Crippen LogP contribution in [0.15, 0.2) is 53.4 Å². The van der Waals surface area contributed by atoms with Gasteiger partial charge in [0, 0.05) is 9.92 Å². The molecule has 1 N–H and O–H groups in total. The van der Waals surface area contributed by atoms with Gasteiger partial charge in [-0.1, -0.05) is 23.7 Å². The molecule has 0 aliphatic heterocycles. The van der Waals surface area contributed by atoms with Crippen molar-refractivity contribution in [3.63, 3.8) is 0 Å². The molecule has 0 aliphatic rings. The predicted molar refractivity (Wildman–Crippen MR) is 90.0 cm³/mol. The minimum Gasteiger partial charge on any atom is -0.494 e. The zero-order valence-corrected chi connectivity index (χ0v) is 13.7. The van der Waals surface area contributed by atoms with E-state index in [0.29, 0.717) is 18.1 Å². The summed E-state index contributed by atoms with van der Waals surface area (Å²) in [6.07, 6.45) is 0.453. The van der Waals surface area contributed by atoms with Gasteiger partial charge >= 0.3 is 5.97 Å². The van der Waals surface area contributed by atoms with Gasteiger partial charge in [-0.25, -0.2) is 0 Å². The Morgan fingerprint density at radius 3 is 2.36 bits per heavy atom. The van der Waals surface area contributed by atoms with Crippen LogP contribution >= 0.6 is 23.4 Å². The van der Waals surface area contributed by atoms with Crippen molar-refractivity contribution in [2.45, 2.75) is 23.5 Å². The summed E-state index contributed by atoms with van der Waals surface area (Å²) < 4.78 is 5.39. The van der Waals surface area contributed by atoms with Gasteiger partial charge in [-0.05, 0) is 55.3 Å². The Morgan fingerprint density at radius 1 is 1.18 bits per heavy atom. The van der Waals surface area contributed by atoms with Crippen LogP contribution in [-0.2, 0) is 11.2 Å². The van der Waals surface area contributed by atoms with E-state index in [2.05, 4.69) is 0 Å². The van der Waals surface area contributed by atoms with Gasteiger partial charge in [-0.15, -0.1) is 11.8 Å². The molecular formula is C17H17ClO3S. The molecule has 0 aliphatic carbocycles. The van der Waals surface area contributed by atoms with E-state index in [4.69, 9.17) is 16.3 Å². The molecule has 0 aromatic heterocycles. The van der Waals surface area contributed by atoms with E-state index in [-0.39, 0.29) is 0 Å². The number of rotatable bonds is 7. The van der Waals surface area contributed by atoms with Gasteiger partial charge < -0.3 is 9.84 Å². The van der Waals surface area contributed by atoms with E-state index in [0.717, 1.165) is 16.2 Å². The second-order valence-corrected chi connectivity index (χ2v) is 6.39. The second-order valence-electron chi connectivity index (χ2n) is 4.68. The normalized spacial score (nSPS) is 11.9. The number of hydrogen-bond donors (Lipinski definition) is 1. The Balaban J connectivity index is 2.05. The van der Waals surface area contributed by atoms with Gasteiger partial charge in [-0.3, -0.25) is 4.79 Å². The summed E-state index contributed by atoms with van der Waals surface area (Å²) in [7, 11) is 0. The number of hydrogen-bond acceptors (Lipinski definition) is 3. The fraction of sp³-hybridized carbons (Fsp3) is 0.235. The Hall–Kier alpha value is -1.65. The average Bonchev–Trinajstić information content (AvgIpc) is 2.51. The first-order valence-corrected chi connectivity index (χ1v) is 8.21. The zero-order valence-electron chi connectivity index (χ0n) is 12.2. The van der Waals surface area contributed by atoms with Crippen molar-refractivity contribution >= 4 is 29.3 Å². The highest BCUT2D eigenvalue weighted by molar-refractivity contribution is 8.00. The van der Waals surface area contributed by atoms with E-state index in [9.17, 15) is 9.90 Å². The lowest BCUT2D eigenvalue weighted by atomic mass is 10.1. The van der Waals surface area contributed by atoms with Gasteiger partial charge in [0.1, 0.15) is 11.0 Å². The Morgan fingerprint density at radius 2 is 1.82 bits per heavy atom. The van der Waals surface area contributed by atoms with Gasteiger partial charge in [0.25, 0.3) is 0 Å². The third-order valence-electron chi connectivity index (χ3n) is 3.02. The molecule has 0 amide bonds. The SMILES string of the molecule is CCOc1ccc(C[C@@H](Sc2ccc(Cl)cc2)C(=O)O)cc1. The van der Waals surface area contributed by atoms with E-state index in [1.807, 2.05) is 43.3 Å². The molecular weight excluding hydrogens is 320 g/mol. The summed E-state index contributed by atoms with van der Waals surface area (Å²) >= 11 is 7.17. The standard InChI is InChI=1S/C17H17ClO3S/c1-2-21-14-7-3-12(4-8-14)11-16(17(19)20)22-15-9-5-13(18)6-10-15/h3-10,16H,2,11H2,1H3,(H,19,20)/t16-/m1/s1. The van der Waals surface area contributed by atoms with Crippen LogP contribution in [0.2, 0.25) is 5.02 Å². The van der Waals surface area contributed by atoms with Crippen LogP contribution in [0.4, 0.5) is 0 Å². The van der Waals surface area contributed by atoms with Crippen molar-refractivity contribution in [1.29, 1.82) is 0 Å². The Bertz CT molecular complexity index is 611. The highest BCUT2D eigenvalue weighted by Crippen LogP contribution is 2.27. The Labute approximate surface area is 139 Å². The summed E-state index contributed by atoms with van der Waals surface area (Å²) in [5, 5.41) is 9.52. The number of halogens is 1. The number of aliphatic carboxylic acids is 1. The fourth-order valence-electron chi connectivity index (χ4n) is 1.96. The summed E-state index contributed by atoms with van der Waals surface area (Å²) in [4.78, 5) is 12.4. The average molecular weight is 337 g/mol. The van der Waals surface area contributed by atoms with Crippen LogP contribution in [0.1, 0.15) is 12.5 Å². The first kappa shape index (κ1) is 16.7. The third kappa shape index (κ3) is 4.97. The van der Waals surface area contributed by atoms with E-state index >= 15 is 0 Å². The van der Waals surface area contributed by atoms with Crippen molar-refractivity contribution in [3.05, 3.63) is 59.1 Å². The molecule has 116 valence electrons. The van der Waals surface area contributed by atoms with Crippen molar-refractivity contribution in [1.82, 2.24) is 0 Å². The van der Waals surface area contributed by atoms with E-state index < -0.39 is 11.2 Å². The lowest BCUT2D eigenvalue weighted by Crippen LogP contribution is -2.19. The van der Waals surface area contributed by atoms with Crippen LogP contribution in [0.5, 0.6) is 5.75 Å². The summed E-state index contributed by atoms with van der Waals surface area (Å²) in [5.74, 6) is -0.0303. The molecule has 0 fully saturated rings. The largest absolute Gasteiger partial charge is 0.494 e. The molecule has 2 aromatic rings. The maximum atomic E-state index is 11.5. The van der Waals surface area contributed by atoms with E-state index in [1.54, 1.807) is 12.1 Å². The van der Waals surface area contributed by atoms with Crippen LogP contribution in [0.25, 0.3) is 0 Å². The summed E-state index contributed by atoms with van der Waals surface area (Å²) in [5.41, 5.74) is 0.970. The maximum absolute atomic E-state index is 11.5. The predicted octanol–water partition coefficient (Wildman–Crippen LogP) is 4.53. The van der Waals surface area contributed by atoms with Crippen LogP contribution < -0.4 is 4.74 Å². The topological polar surface area (TPSA) is 46.5 Å². The molecule has 0 bridgehead atoms. The molecule has 0 radical (unpaired) electrons. The van der Waals surface area contributed by atoms with Crippen LogP contribution in [0.3, 0.4) is 0 Å². The summed E-state index contributed by atoms with van der Waals surface area (Å²) in [6, 6.07) is 14.7. The molecule has 2 aromatic carbocycles.